The van der Waals surface area contributed by atoms with Gasteiger partial charge in [-0.05, 0) is 30.7 Å². The normalized spacial score (nSPS) is 10.8. The lowest BCUT2D eigenvalue weighted by Crippen LogP contribution is -2.00. The maximum Gasteiger partial charge on any atom is 0.208 e. The van der Waals surface area contributed by atoms with Crippen LogP contribution in [0, 0.1) is 6.92 Å². The molecule has 0 bridgehead atoms. The number of aromatic nitrogens is 2. The van der Waals surface area contributed by atoms with Crippen LogP contribution in [0.15, 0.2) is 48.5 Å². The standard InChI is InChI=1S/C15H14N3/c1-11-7-3-4-8-12(11)16-15-17-13-9-5-6-10-14(13)18(15)2/h3-10H,1H2,2H3,(H,16,17). The van der Waals surface area contributed by atoms with Gasteiger partial charge in [-0.25, -0.2) is 4.98 Å². The molecule has 0 fully saturated rings. The summed E-state index contributed by atoms with van der Waals surface area (Å²) in [6.45, 7) is 4.00. The van der Waals surface area contributed by atoms with E-state index in [-0.39, 0.29) is 0 Å². The van der Waals surface area contributed by atoms with Crippen LogP contribution in [0.2, 0.25) is 0 Å². The van der Waals surface area contributed by atoms with Crippen molar-refractivity contribution in [2.45, 2.75) is 0 Å². The Balaban J connectivity index is 2.06. The lowest BCUT2D eigenvalue weighted by atomic mass is 10.2. The second-order valence-electron chi connectivity index (χ2n) is 4.27. The average molecular weight is 236 g/mol. The Kier molecular flexibility index (Phi) is 2.52. The smallest absolute Gasteiger partial charge is 0.208 e. The van der Waals surface area contributed by atoms with Crippen LogP contribution in [0.25, 0.3) is 11.0 Å². The van der Waals surface area contributed by atoms with Crippen LogP contribution < -0.4 is 5.32 Å². The van der Waals surface area contributed by atoms with Gasteiger partial charge in [0.05, 0.1) is 11.0 Å². The quantitative estimate of drug-likeness (QED) is 0.738. The van der Waals surface area contributed by atoms with Crippen LogP contribution in [0.1, 0.15) is 5.56 Å². The number of benzene rings is 2. The number of hydrogen-bond acceptors (Lipinski definition) is 2. The molecule has 0 aliphatic rings. The van der Waals surface area contributed by atoms with Gasteiger partial charge in [0.15, 0.2) is 0 Å². The number of para-hydroxylation sites is 3. The first-order chi connectivity index (χ1) is 8.75. The summed E-state index contributed by atoms with van der Waals surface area (Å²) in [5, 5.41) is 3.32. The van der Waals surface area contributed by atoms with Crippen LogP contribution in [-0.4, -0.2) is 9.55 Å². The molecule has 0 aliphatic carbocycles. The molecule has 0 saturated carbocycles. The molecule has 1 heterocycles. The first-order valence-corrected chi connectivity index (χ1v) is 5.85. The molecule has 89 valence electrons. The van der Waals surface area contributed by atoms with Crippen molar-refractivity contribution >= 4 is 22.7 Å². The fourth-order valence-corrected chi connectivity index (χ4v) is 2.02. The molecule has 18 heavy (non-hydrogen) atoms. The minimum Gasteiger partial charge on any atom is -0.325 e. The number of rotatable bonds is 2. The summed E-state index contributed by atoms with van der Waals surface area (Å²) in [7, 11) is 2.00. The summed E-state index contributed by atoms with van der Waals surface area (Å²) in [6, 6.07) is 16.0. The average Bonchev–Trinajstić information content (AvgIpc) is 2.70. The van der Waals surface area contributed by atoms with Crippen molar-refractivity contribution in [3.8, 4) is 0 Å². The van der Waals surface area contributed by atoms with Gasteiger partial charge in [0.1, 0.15) is 0 Å². The fraction of sp³-hybridized carbons (Fsp3) is 0.0667. The molecule has 3 rings (SSSR count). The molecule has 3 heteroatoms. The third-order valence-corrected chi connectivity index (χ3v) is 3.05. The van der Waals surface area contributed by atoms with Crippen LogP contribution >= 0.6 is 0 Å². The highest BCUT2D eigenvalue weighted by Gasteiger charge is 2.07. The monoisotopic (exact) mass is 236 g/mol. The number of nitrogens with one attached hydrogen (secondary N) is 1. The molecule has 2 aromatic carbocycles. The van der Waals surface area contributed by atoms with Gasteiger partial charge in [-0.1, -0.05) is 30.3 Å². The molecule has 0 aliphatic heterocycles. The molecule has 0 atom stereocenters. The van der Waals surface area contributed by atoms with Gasteiger partial charge >= 0.3 is 0 Å². The Morgan fingerprint density at radius 2 is 1.78 bits per heavy atom. The molecule has 3 aromatic rings. The van der Waals surface area contributed by atoms with E-state index in [0.717, 1.165) is 28.2 Å². The van der Waals surface area contributed by atoms with Crippen molar-refractivity contribution in [1.29, 1.82) is 0 Å². The van der Waals surface area contributed by atoms with Gasteiger partial charge in [0, 0.05) is 12.7 Å². The zero-order valence-corrected chi connectivity index (χ0v) is 10.2. The maximum absolute atomic E-state index is 4.57. The summed E-state index contributed by atoms with van der Waals surface area (Å²) >= 11 is 0. The SMILES string of the molecule is [CH2]c1ccccc1Nc1nc2ccccc2n1C. The Labute approximate surface area is 106 Å². The maximum atomic E-state index is 4.57. The number of imidazole rings is 1. The molecule has 0 unspecified atom stereocenters. The highest BCUT2D eigenvalue weighted by Crippen LogP contribution is 2.22. The van der Waals surface area contributed by atoms with E-state index in [4.69, 9.17) is 0 Å². The third kappa shape index (κ3) is 1.74. The highest BCUT2D eigenvalue weighted by atomic mass is 15.2. The number of nitrogens with zero attached hydrogens (tertiary/aromatic N) is 2. The highest BCUT2D eigenvalue weighted by molar-refractivity contribution is 5.79. The van der Waals surface area contributed by atoms with Gasteiger partial charge in [-0.2, -0.15) is 0 Å². The zero-order chi connectivity index (χ0) is 12.5. The van der Waals surface area contributed by atoms with Gasteiger partial charge in [0.2, 0.25) is 5.95 Å². The van der Waals surface area contributed by atoms with Gasteiger partial charge in [-0.15, -0.1) is 0 Å². The number of anilines is 2. The molecule has 3 nitrogen and oxygen atoms in total. The largest absolute Gasteiger partial charge is 0.325 e. The van der Waals surface area contributed by atoms with Gasteiger partial charge < -0.3 is 9.88 Å². The third-order valence-electron chi connectivity index (χ3n) is 3.05. The van der Waals surface area contributed by atoms with Crippen LogP contribution in [-0.2, 0) is 7.05 Å². The first kappa shape index (κ1) is 10.8. The predicted octanol–water partition coefficient (Wildman–Crippen LogP) is 3.50. The molecule has 1 N–H and O–H groups in total. The van der Waals surface area contributed by atoms with Crippen molar-refractivity contribution in [3.05, 3.63) is 61.0 Å². The number of aryl methyl sites for hydroxylation is 1. The summed E-state index contributed by atoms with van der Waals surface area (Å²) in [5.41, 5.74) is 4.05. The first-order valence-electron chi connectivity index (χ1n) is 5.85. The minimum absolute atomic E-state index is 0.826. The topological polar surface area (TPSA) is 29.9 Å². The van der Waals surface area contributed by atoms with E-state index in [1.165, 1.54) is 0 Å². The summed E-state index contributed by atoms with van der Waals surface area (Å²) in [4.78, 5) is 4.57. The van der Waals surface area contributed by atoms with E-state index in [1.807, 2.05) is 54.1 Å². The van der Waals surface area contributed by atoms with Crippen molar-refractivity contribution in [3.63, 3.8) is 0 Å². The fourth-order valence-electron chi connectivity index (χ4n) is 2.02. The second kappa shape index (κ2) is 4.18. The Morgan fingerprint density at radius 1 is 1.06 bits per heavy atom. The molecule has 1 aromatic heterocycles. The lowest BCUT2D eigenvalue weighted by Gasteiger charge is -2.08. The second-order valence-corrected chi connectivity index (χ2v) is 4.27. The van der Waals surface area contributed by atoms with E-state index in [2.05, 4.69) is 23.3 Å². The number of hydrogen-bond donors (Lipinski definition) is 1. The van der Waals surface area contributed by atoms with Crippen LogP contribution in [0.4, 0.5) is 11.6 Å². The molecule has 0 spiro atoms. The lowest BCUT2D eigenvalue weighted by molar-refractivity contribution is 0.958. The van der Waals surface area contributed by atoms with Crippen LogP contribution in [0.3, 0.4) is 0 Å². The molecular formula is C15H14N3. The van der Waals surface area contributed by atoms with Crippen molar-refractivity contribution in [2.24, 2.45) is 7.05 Å². The summed E-state index contributed by atoms with van der Waals surface area (Å²) in [6.07, 6.45) is 0. The number of fused-ring (bicyclic) bond motifs is 1. The molecule has 1 radical (unpaired) electrons. The Morgan fingerprint density at radius 3 is 2.56 bits per heavy atom. The van der Waals surface area contributed by atoms with E-state index < -0.39 is 0 Å². The zero-order valence-electron chi connectivity index (χ0n) is 10.2. The Hall–Kier alpha value is -2.29. The van der Waals surface area contributed by atoms with Crippen molar-refractivity contribution in [2.75, 3.05) is 5.32 Å². The van der Waals surface area contributed by atoms with E-state index in [0.29, 0.717) is 0 Å². The molecule has 0 saturated heterocycles. The van der Waals surface area contributed by atoms with E-state index >= 15 is 0 Å². The van der Waals surface area contributed by atoms with Gasteiger partial charge in [-0.3, -0.25) is 0 Å². The molecular weight excluding hydrogens is 222 g/mol. The molecule has 0 amide bonds. The van der Waals surface area contributed by atoms with Crippen molar-refractivity contribution < 1.29 is 0 Å². The summed E-state index contributed by atoms with van der Waals surface area (Å²) < 4.78 is 2.04. The van der Waals surface area contributed by atoms with E-state index in [1.54, 1.807) is 0 Å². The minimum atomic E-state index is 0.826. The Bertz CT molecular complexity index is 698. The van der Waals surface area contributed by atoms with E-state index in [9.17, 15) is 0 Å². The predicted molar refractivity (Wildman–Crippen MR) is 74.9 cm³/mol. The summed E-state index contributed by atoms with van der Waals surface area (Å²) in [5.74, 6) is 0.826. The van der Waals surface area contributed by atoms with Gasteiger partial charge in [0.25, 0.3) is 0 Å². The van der Waals surface area contributed by atoms with Crippen LogP contribution in [0.5, 0.6) is 0 Å². The van der Waals surface area contributed by atoms with Crippen molar-refractivity contribution in [1.82, 2.24) is 9.55 Å².